The van der Waals surface area contributed by atoms with Gasteiger partial charge in [-0.3, -0.25) is 4.98 Å². The molecular formula is C30H44FNO3. The van der Waals surface area contributed by atoms with Crippen molar-refractivity contribution in [2.75, 3.05) is 19.8 Å². The van der Waals surface area contributed by atoms with Crippen molar-refractivity contribution >= 4 is 0 Å². The second-order valence-corrected chi connectivity index (χ2v) is 9.81. The van der Waals surface area contributed by atoms with E-state index in [2.05, 4.69) is 18.8 Å². The number of unbranched alkanes of at least 4 members (excludes halogenated alkanes) is 9. The fourth-order valence-corrected chi connectivity index (χ4v) is 4.50. The molecule has 1 aliphatic rings. The second kappa shape index (κ2) is 15.9. The van der Waals surface area contributed by atoms with Gasteiger partial charge < -0.3 is 14.2 Å². The Morgan fingerprint density at radius 1 is 0.857 bits per heavy atom. The van der Waals surface area contributed by atoms with Crippen LogP contribution in [0.3, 0.4) is 0 Å². The number of rotatable bonds is 16. The summed E-state index contributed by atoms with van der Waals surface area (Å²) >= 11 is 0. The zero-order chi connectivity index (χ0) is 24.7. The molecule has 0 N–H and O–H groups in total. The van der Waals surface area contributed by atoms with Crippen LogP contribution in [0.2, 0.25) is 0 Å². The Kier molecular flexibility index (Phi) is 12.5. The van der Waals surface area contributed by atoms with E-state index in [1.54, 1.807) is 12.3 Å². The quantitative estimate of drug-likeness (QED) is 0.223. The Hall–Kier alpha value is -1.98. The van der Waals surface area contributed by atoms with Crippen molar-refractivity contribution < 1.29 is 18.6 Å². The molecule has 0 amide bonds. The Morgan fingerprint density at radius 3 is 2.20 bits per heavy atom. The fraction of sp³-hybridized carbons (Fsp3) is 0.633. The van der Waals surface area contributed by atoms with E-state index >= 15 is 0 Å². The summed E-state index contributed by atoms with van der Waals surface area (Å²) in [6, 6.07) is 8.89. The number of benzene rings is 1. The lowest BCUT2D eigenvalue weighted by molar-refractivity contribution is -0.206. The van der Waals surface area contributed by atoms with Crippen LogP contribution in [0.5, 0.6) is 5.75 Å². The Morgan fingerprint density at radius 2 is 1.54 bits per heavy atom. The average molecular weight is 486 g/mol. The summed E-state index contributed by atoms with van der Waals surface area (Å²) in [5.41, 5.74) is 2.35. The molecule has 1 aromatic carbocycles. The predicted molar refractivity (Wildman–Crippen MR) is 140 cm³/mol. The normalized spacial score (nSPS) is 18.0. The van der Waals surface area contributed by atoms with E-state index in [9.17, 15) is 4.39 Å². The van der Waals surface area contributed by atoms with Crippen LogP contribution < -0.4 is 4.74 Å². The van der Waals surface area contributed by atoms with Crippen LogP contribution in [0.15, 0.2) is 36.5 Å². The van der Waals surface area contributed by atoms with E-state index < -0.39 is 0 Å². The standard InChI is InChI=1S/C30H44FNO3/c1-3-5-7-9-10-11-12-14-24-22-34-30(35-23-24)26-15-17-28(32-21-26)25-16-18-29(27(31)20-25)33-19-13-8-6-4-2/h15-18,20-21,24,30H,3-14,19,22-23H2,1-2H3/t24-,30-. The number of hydrogen-bond donors (Lipinski definition) is 0. The van der Waals surface area contributed by atoms with Gasteiger partial charge in [-0.05, 0) is 37.1 Å². The van der Waals surface area contributed by atoms with Crippen LogP contribution in [0.4, 0.5) is 4.39 Å². The minimum atomic E-state index is -0.373. The number of pyridine rings is 1. The maximum absolute atomic E-state index is 14.5. The Bertz CT molecular complexity index is 834. The zero-order valence-electron chi connectivity index (χ0n) is 21.8. The lowest BCUT2D eigenvalue weighted by atomic mass is 10.0. The molecule has 0 spiro atoms. The molecule has 1 fully saturated rings. The van der Waals surface area contributed by atoms with E-state index in [-0.39, 0.29) is 12.1 Å². The monoisotopic (exact) mass is 485 g/mol. The molecule has 0 bridgehead atoms. The third kappa shape index (κ3) is 9.53. The molecule has 0 radical (unpaired) electrons. The zero-order valence-corrected chi connectivity index (χ0v) is 21.8. The maximum Gasteiger partial charge on any atom is 0.185 e. The smallest absolute Gasteiger partial charge is 0.185 e. The van der Waals surface area contributed by atoms with Crippen molar-refractivity contribution in [2.24, 2.45) is 5.92 Å². The lowest BCUT2D eigenvalue weighted by Crippen LogP contribution is -2.27. The molecule has 0 unspecified atom stereocenters. The first kappa shape index (κ1) is 27.6. The van der Waals surface area contributed by atoms with E-state index in [1.807, 2.05) is 18.2 Å². The summed E-state index contributed by atoms with van der Waals surface area (Å²) in [7, 11) is 0. The van der Waals surface area contributed by atoms with Crippen molar-refractivity contribution in [2.45, 2.75) is 97.2 Å². The van der Waals surface area contributed by atoms with Gasteiger partial charge in [0.25, 0.3) is 0 Å². The summed E-state index contributed by atoms with van der Waals surface area (Å²) in [4.78, 5) is 4.53. The number of hydrogen-bond acceptors (Lipinski definition) is 4. The molecule has 0 saturated carbocycles. The van der Waals surface area contributed by atoms with Crippen LogP contribution in [-0.4, -0.2) is 24.8 Å². The van der Waals surface area contributed by atoms with Gasteiger partial charge in [-0.25, -0.2) is 4.39 Å². The number of aromatic nitrogens is 1. The van der Waals surface area contributed by atoms with Gasteiger partial charge in [0.15, 0.2) is 17.9 Å². The van der Waals surface area contributed by atoms with Gasteiger partial charge in [0, 0.05) is 23.2 Å². The highest BCUT2D eigenvalue weighted by atomic mass is 19.1. The second-order valence-electron chi connectivity index (χ2n) is 9.81. The van der Waals surface area contributed by atoms with Crippen molar-refractivity contribution in [3.8, 4) is 17.0 Å². The van der Waals surface area contributed by atoms with E-state index in [1.165, 1.54) is 70.3 Å². The van der Waals surface area contributed by atoms with Gasteiger partial charge in [0.05, 0.1) is 25.5 Å². The van der Waals surface area contributed by atoms with Crippen LogP contribution in [0.1, 0.15) is 103 Å². The van der Waals surface area contributed by atoms with Crippen molar-refractivity contribution in [3.63, 3.8) is 0 Å². The minimum Gasteiger partial charge on any atom is -0.491 e. The predicted octanol–water partition coefficient (Wildman–Crippen LogP) is 8.65. The Balaban J connectivity index is 1.40. The summed E-state index contributed by atoms with van der Waals surface area (Å²) in [6.07, 6.45) is 16.3. The molecule has 2 aromatic rings. The van der Waals surface area contributed by atoms with Gasteiger partial charge in [0.2, 0.25) is 0 Å². The SMILES string of the molecule is CCCCCCCCC[C@H]1CO[C@H](c2ccc(-c3ccc(OCCCCCC)c(F)c3)nc2)OC1. The number of halogens is 1. The highest BCUT2D eigenvalue weighted by Gasteiger charge is 2.23. The lowest BCUT2D eigenvalue weighted by Gasteiger charge is -2.29. The molecule has 3 rings (SSSR count). The van der Waals surface area contributed by atoms with Gasteiger partial charge in [-0.2, -0.15) is 0 Å². The average Bonchev–Trinajstić information content (AvgIpc) is 2.89. The largest absolute Gasteiger partial charge is 0.491 e. The number of ether oxygens (including phenoxy) is 3. The molecule has 1 aliphatic heterocycles. The van der Waals surface area contributed by atoms with Crippen molar-refractivity contribution in [1.82, 2.24) is 4.98 Å². The van der Waals surface area contributed by atoms with Crippen LogP contribution in [-0.2, 0) is 9.47 Å². The van der Waals surface area contributed by atoms with Crippen LogP contribution in [0.25, 0.3) is 11.3 Å². The van der Waals surface area contributed by atoms with E-state index in [0.29, 0.717) is 18.3 Å². The van der Waals surface area contributed by atoms with Gasteiger partial charge >= 0.3 is 0 Å². The topological polar surface area (TPSA) is 40.6 Å². The summed E-state index contributed by atoms with van der Waals surface area (Å²) in [6.45, 7) is 6.43. The first-order chi connectivity index (χ1) is 17.2. The number of nitrogens with zero attached hydrogens (tertiary/aromatic N) is 1. The summed E-state index contributed by atoms with van der Waals surface area (Å²) in [5, 5.41) is 0. The molecule has 1 saturated heterocycles. The minimum absolute atomic E-state index is 0.303. The van der Waals surface area contributed by atoms with Crippen molar-refractivity contribution in [3.05, 3.63) is 47.9 Å². The van der Waals surface area contributed by atoms with Gasteiger partial charge in [-0.1, -0.05) is 84.1 Å². The first-order valence-electron chi connectivity index (χ1n) is 13.8. The molecule has 0 atom stereocenters. The van der Waals surface area contributed by atoms with E-state index in [4.69, 9.17) is 14.2 Å². The molecular weight excluding hydrogens is 441 g/mol. The highest BCUT2D eigenvalue weighted by Crippen LogP contribution is 2.29. The molecule has 5 heteroatoms. The van der Waals surface area contributed by atoms with Crippen molar-refractivity contribution in [1.29, 1.82) is 0 Å². The molecule has 4 nitrogen and oxygen atoms in total. The van der Waals surface area contributed by atoms with Gasteiger partial charge in [-0.15, -0.1) is 0 Å². The fourth-order valence-electron chi connectivity index (χ4n) is 4.50. The first-order valence-corrected chi connectivity index (χ1v) is 13.8. The van der Waals surface area contributed by atoms with Gasteiger partial charge in [0.1, 0.15) is 0 Å². The summed E-state index contributed by atoms with van der Waals surface area (Å²) in [5.74, 6) is 0.427. The summed E-state index contributed by atoms with van der Waals surface area (Å²) < 4.78 is 32.1. The third-order valence-corrected chi connectivity index (χ3v) is 6.72. The Labute approximate surface area is 211 Å². The third-order valence-electron chi connectivity index (χ3n) is 6.72. The molecule has 0 aliphatic carbocycles. The van der Waals surface area contributed by atoms with Crippen LogP contribution in [0, 0.1) is 11.7 Å². The molecule has 35 heavy (non-hydrogen) atoms. The highest BCUT2D eigenvalue weighted by molar-refractivity contribution is 5.60. The van der Waals surface area contributed by atoms with Crippen LogP contribution >= 0.6 is 0 Å². The molecule has 194 valence electrons. The van der Waals surface area contributed by atoms with E-state index in [0.717, 1.165) is 42.9 Å². The molecule has 2 heterocycles. The molecule has 1 aromatic heterocycles. The maximum atomic E-state index is 14.5.